The van der Waals surface area contributed by atoms with Crippen molar-refractivity contribution in [1.29, 1.82) is 0 Å². The lowest BCUT2D eigenvalue weighted by atomic mass is 10.0. The standard InChI is InChI=1S/C27H25N3OS/c1-18(2)19-11-14-21(15-12-19)30(27-29-24-9-5-6-10-25(24)32-27)26(31)16-13-20-17-28-23-8-4-3-7-22(20)23/h3-12,14-15,17-18,28H,13,16H2,1-2H3. The van der Waals surface area contributed by atoms with Crippen LogP contribution in [-0.2, 0) is 11.2 Å². The quantitative estimate of drug-likeness (QED) is 0.304. The Bertz CT molecular complexity index is 1350. The first kappa shape index (κ1) is 20.5. The second kappa shape index (κ2) is 8.60. The van der Waals surface area contributed by atoms with Crippen molar-refractivity contribution in [2.45, 2.75) is 32.6 Å². The first-order valence-corrected chi connectivity index (χ1v) is 11.8. The average molecular weight is 440 g/mol. The van der Waals surface area contributed by atoms with E-state index in [0.29, 0.717) is 23.9 Å². The number of carbonyl (C=O) groups is 1. The van der Waals surface area contributed by atoms with Gasteiger partial charge in [0.05, 0.1) is 15.9 Å². The number of aryl methyl sites for hydroxylation is 1. The number of carbonyl (C=O) groups excluding carboxylic acids is 1. The highest BCUT2D eigenvalue weighted by atomic mass is 32.1. The molecule has 4 nitrogen and oxygen atoms in total. The van der Waals surface area contributed by atoms with Crippen LogP contribution in [0.5, 0.6) is 0 Å². The summed E-state index contributed by atoms with van der Waals surface area (Å²) in [6, 6.07) is 24.5. The van der Waals surface area contributed by atoms with E-state index >= 15 is 0 Å². The molecule has 5 heteroatoms. The van der Waals surface area contributed by atoms with Crippen LogP contribution in [-0.4, -0.2) is 15.9 Å². The van der Waals surface area contributed by atoms with Gasteiger partial charge in [-0.15, -0.1) is 0 Å². The molecule has 3 aromatic carbocycles. The molecule has 0 atom stereocenters. The number of hydrogen-bond acceptors (Lipinski definition) is 3. The fraction of sp³-hybridized carbons (Fsp3) is 0.185. The van der Waals surface area contributed by atoms with Gasteiger partial charge in [0.15, 0.2) is 5.13 Å². The molecular formula is C27H25N3OS. The molecule has 0 radical (unpaired) electrons. The number of amides is 1. The number of thiazole rings is 1. The van der Waals surface area contributed by atoms with E-state index in [2.05, 4.69) is 43.1 Å². The van der Waals surface area contributed by atoms with E-state index in [-0.39, 0.29) is 5.91 Å². The lowest BCUT2D eigenvalue weighted by Crippen LogP contribution is -2.26. The summed E-state index contributed by atoms with van der Waals surface area (Å²) < 4.78 is 1.08. The second-order valence-corrected chi connectivity index (χ2v) is 9.31. The molecule has 5 aromatic rings. The van der Waals surface area contributed by atoms with E-state index in [4.69, 9.17) is 4.98 Å². The molecule has 0 aliphatic heterocycles. The van der Waals surface area contributed by atoms with Crippen molar-refractivity contribution in [3.8, 4) is 0 Å². The summed E-state index contributed by atoms with van der Waals surface area (Å²) in [7, 11) is 0. The zero-order valence-corrected chi connectivity index (χ0v) is 19.0. The number of rotatable bonds is 6. The van der Waals surface area contributed by atoms with Crippen molar-refractivity contribution >= 4 is 49.2 Å². The van der Waals surface area contributed by atoms with Crippen molar-refractivity contribution < 1.29 is 4.79 Å². The zero-order chi connectivity index (χ0) is 22.1. The monoisotopic (exact) mass is 439 g/mol. The Morgan fingerprint density at radius 3 is 2.53 bits per heavy atom. The molecule has 0 bridgehead atoms. The minimum absolute atomic E-state index is 0.0478. The predicted molar refractivity (Wildman–Crippen MR) is 134 cm³/mol. The highest BCUT2D eigenvalue weighted by molar-refractivity contribution is 7.22. The van der Waals surface area contributed by atoms with E-state index in [0.717, 1.165) is 27.0 Å². The van der Waals surface area contributed by atoms with Gasteiger partial charge in [-0.05, 0) is 53.8 Å². The Morgan fingerprint density at radius 2 is 1.75 bits per heavy atom. The number of aromatic nitrogens is 2. The number of benzene rings is 3. The fourth-order valence-corrected chi connectivity index (χ4v) is 5.02. The molecule has 1 N–H and O–H groups in total. The number of para-hydroxylation sites is 2. The maximum Gasteiger partial charge on any atom is 0.233 e. The number of nitrogens with zero attached hydrogens (tertiary/aromatic N) is 2. The molecule has 0 aliphatic carbocycles. The van der Waals surface area contributed by atoms with E-state index in [1.54, 1.807) is 16.2 Å². The second-order valence-electron chi connectivity index (χ2n) is 8.30. The molecule has 0 unspecified atom stereocenters. The summed E-state index contributed by atoms with van der Waals surface area (Å²) in [6.45, 7) is 4.35. The molecule has 32 heavy (non-hydrogen) atoms. The van der Waals surface area contributed by atoms with E-state index in [1.165, 1.54) is 10.9 Å². The van der Waals surface area contributed by atoms with Gasteiger partial charge in [0.2, 0.25) is 5.91 Å². The summed E-state index contributed by atoms with van der Waals surface area (Å²) >= 11 is 1.55. The van der Waals surface area contributed by atoms with Crippen LogP contribution in [0.15, 0.2) is 79.0 Å². The summed E-state index contributed by atoms with van der Waals surface area (Å²) in [5.74, 6) is 0.490. The number of H-pyrrole nitrogens is 1. The van der Waals surface area contributed by atoms with Crippen molar-refractivity contribution in [3.63, 3.8) is 0 Å². The smallest absolute Gasteiger partial charge is 0.233 e. The van der Waals surface area contributed by atoms with Crippen LogP contribution in [0.4, 0.5) is 10.8 Å². The Balaban J connectivity index is 1.47. The molecular weight excluding hydrogens is 414 g/mol. The molecule has 0 spiro atoms. The molecule has 0 saturated carbocycles. The lowest BCUT2D eigenvalue weighted by molar-refractivity contribution is -0.117. The van der Waals surface area contributed by atoms with Crippen molar-refractivity contribution in [1.82, 2.24) is 9.97 Å². The van der Waals surface area contributed by atoms with Gasteiger partial charge >= 0.3 is 0 Å². The summed E-state index contributed by atoms with van der Waals surface area (Å²) in [5, 5.41) is 1.89. The Kier molecular flexibility index (Phi) is 5.50. The Morgan fingerprint density at radius 1 is 1.00 bits per heavy atom. The molecule has 2 heterocycles. The van der Waals surface area contributed by atoms with Crippen LogP contribution in [0.25, 0.3) is 21.1 Å². The van der Waals surface area contributed by atoms with Crippen LogP contribution in [0, 0.1) is 0 Å². The topological polar surface area (TPSA) is 49.0 Å². The molecule has 0 fully saturated rings. The molecule has 5 rings (SSSR count). The molecule has 160 valence electrons. The minimum atomic E-state index is 0.0478. The first-order valence-electron chi connectivity index (χ1n) is 10.9. The number of fused-ring (bicyclic) bond motifs is 2. The highest BCUT2D eigenvalue weighted by Gasteiger charge is 2.22. The SMILES string of the molecule is CC(C)c1ccc(N(C(=O)CCc2c[nH]c3ccccc23)c2nc3ccccc3s2)cc1. The average Bonchev–Trinajstić information content (AvgIpc) is 3.42. The van der Waals surface area contributed by atoms with E-state index < -0.39 is 0 Å². The van der Waals surface area contributed by atoms with Crippen molar-refractivity contribution in [2.24, 2.45) is 0 Å². The number of anilines is 2. The molecule has 1 amide bonds. The molecule has 0 aliphatic rings. The van der Waals surface area contributed by atoms with Crippen LogP contribution in [0.3, 0.4) is 0 Å². The van der Waals surface area contributed by atoms with Crippen LogP contribution >= 0.6 is 11.3 Å². The third-order valence-corrected chi connectivity index (χ3v) is 6.85. The van der Waals surface area contributed by atoms with Crippen LogP contribution in [0.2, 0.25) is 0 Å². The third kappa shape index (κ3) is 3.92. The fourth-order valence-electron chi connectivity index (χ4n) is 4.02. The van der Waals surface area contributed by atoms with Gasteiger partial charge in [0.1, 0.15) is 0 Å². The number of hydrogen-bond donors (Lipinski definition) is 1. The van der Waals surface area contributed by atoms with Gasteiger partial charge < -0.3 is 4.98 Å². The maximum absolute atomic E-state index is 13.6. The largest absolute Gasteiger partial charge is 0.361 e. The minimum Gasteiger partial charge on any atom is -0.361 e. The van der Waals surface area contributed by atoms with E-state index in [9.17, 15) is 4.79 Å². The van der Waals surface area contributed by atoms with Gasteiger partial charge in [0, 0.05) is 23.5 Å². The zero-order valence-electron chi connectivity index (χ0n) is 18.2. The number of aromatic amines is 1. The number of nitrogens with one attached hydrogen (secondary N) is 1. The van der Waals surface area contributed by atoms with Gasteiger partial charge in [-0.1, -0.05) is 67.6 Å². The maximum atomic E-state index is 13.6. The van der Waals surface area contributed by atoms with Gasteiger partial charge in [0.25, 0.3) is 0 Å². The predicted octanol–water partition coefficient (Wildman–Crippen LogP) is 7.20. The van der Waals surface area contributed by atoms with Gasteiger partial charge in [-0.3, -0.25) is 9.69 Å². The van der Waals surface area contributed by atoms with E-state index in [1.807, 2.05) is 54.7 Å². The summed E-state index contributed by atoms with van der Waals surface area (Å²) in [6.07, 6.45) is 3.09. The van der Waals surface area contributed by atoms with Crippen LogP contribution in [0.1, 0.15) is 37.3 Å². The lowest BCUT2D eigenvalue weighted by Gasteiger charge is -2.21. The summed E-state index contributed by atoms with van der Waals surface area (Å²) in [4.78, 5) is 23.4. The molecule has 2 aromatic heterocycles. The van der Waals surface area contributed by atoms with Crippen LogP contribution < -0.4 is 4.90 Å². The van der Waals surface area contributed by atoms with Gasteiger partial charge in [-0.2, -0.15) is 0 Å². The highest BCUT2D eigenvalue weighted by Crippen LogP contribution is 2.35. The first-order chi connectivity index (χ1) is 15.6. The van der Waals surface area contributed by atoms with Crippen molar-refractivity contribution in [3.05, 3.63) is 90.1 Å². The van der Waals surface area contributed by atoms with Gasteiger partial charge in [-0.25, -0.2) is 4.98 Å². The van der Waals surface area contributed by atoms with Crippen molar-refractivity contribution in [2.75, 3.05) is 4.90 Å². The summed E-state index contributed by atoms with van der Waals surface area (Å²) in [5.41, 5.74) is 5.29. The Labute approximate surface area is 191 Å². The molecule has 0 saturated heterocycles. The Hall–Kier alpha value is -3.44. The normalized spacial score (nSPS) is 11.5. The third-order valence-electron chi connectivity index (χ3n) is 5.82.